The first-order valence-corrected chi connectivity index (χ1v) is 9.15. The van der Waals surface area contributed by atoms with Crippen molar-refractivity contribution >= 4 is 18.0 Å². The van der Waals surface area contributed by atoms with Gasteiger partial charge in [0.2, 0.25) is 0 Å². The lowest BCUT2D eigenvalue weighted by molar-refractivity contribution is -0.123. The number of para-hydroxylation sites is 1. The summed E-state index contributed by atoms with van der Waals surface area (Å²) in [7, 11) is 0. The Morgan fingerprint density at radius 3 is 2.55 bits per heavy atom. The summed E-state index contributed by atoms with van der Waals surface area (Å²) < 4.78 is 19.3. The summed E-state index contributed by atoms with van der Waals surface area (Å²) in [6.07, 6.45) is 3.08. The second kappa shape index (κ2) is 10.8. The molecule has 152 valence electrons. The van der Waals surface area contributed by atoms with Crippen LogP contribution in [0.3, 0.4) is 0 Å². The lowest BCUT2D eigenvalue weighted by Crippen LogP contribution is -2.48. The topological polar surface area (TPSA) is 79.8 Å². The summed E-state index contributed by atoms with van der Waals surface area (Å²) in [4.78, 5) is 24.8. The van der Waals surface area contributed by atoms with Crippen LogP contribution in [-0.2, 0) is 4.79 Å². The van der Waals surface area contributed by atoms with Crippen LogP contribution in [0.2, 0.25) is 0 Å². The van der Waals surface area contributed by atoms with Crippen molar-refractivity contribution in [1.82, 2.24) is 10.7 Å². The van der Waals surface area contributed by atoms with E-state index in [1.807, 2.05) is 12.1 Å². The molecule has 2 rings (SSSR count). The molecule has 2 aromatic rings. The number of nitrogens with zero attached hydrogens (tertiary/aromatic N) is 1. The van der Waals surface area contributed by atoms with Gasteiger partial charge in [0.15, 0.2) is 0 Å². The highest BCUT2D eigenvalue weighted by atomic mass is 19.1. The molecule has 0 saturated carbocycles. The second-order valence-corrected chi connectivity index (χ2v) is 6.55. The van der Waals surface area contributed by atoms with Gasteiger partial charge in [-0.3, -0.25) is 9.59 Å². The second-order valence-electron chi connectivity index (χ2n) is 6.55. The van der Waals surface area contributed by atoms with Gasteiger partial charge >= 0.3 is 0 Å². The van der Waals surface area contributed by atoms with E-state index in [1.165, 1.54) is 24.4 Å². The van der Waals surface area contributed by atoms with Crippen molar-refractivity contribution in [3.05, 3.63) is 78.1 Å². The van der Waals surface area contributed by atoms with E-state index in [9.17, 15) is 14.0 Å². The van der Waals surface area contributed by atoms with Gasteiger partial charge in [-0.25, -0.2) is 9.82 Å². The highest BCUT2D eigenvalue weighted by Gasteiger charge is 2.25. The number of hydrogen-bond acceptors (Lipinski definition) is 4. The van der Waals surface area contributed by atoms with Crippen molar-refractivity contribution in [1.29, 1.82) is 0 Å². The molecule has 2 amide bonds. The first kappa shape index (κ1) is 21.8. The van der Waals surface area contributed by atoms with Gasteiger partial charge < -0.3 is 10.1 Å². The largest absolute Gasteiger partial charge is 0.489 e. The fraction of sp³-hybridized carbons (Fsp3) is 0.227. The molecule has 0 aromatic heterocycles. The molecule has 0 fully saturated rings. The van der Waals surface area contributed by atoms with Crippen molar-refractivity contribution in [2.45, 2.75) is 19.9 Å². The average molecular weight is 397 g/mol. The normalized spacial score (nSPS) is 11.9. The molecule has 0 saturated heterocycles. The number of carbonyl (C=O) groups excluding carboxylic acids is 2. The van der Waals surface area contributed by atoms with Gasteiger partial charge in [0.1, 0.15) is 24.2 Å². The minimum Gasteiger partial charge on any atom is -0.489 e. The highest BCUT2D eigenvalue weighted by molar-refractivity contribution is 5.98. The average Bonchev–Trinajstić information content (AvgIpc) is 2.71. The molecular formula is C22H24FN3O3. The molecule has 6 nitrogen and oxygen atoms in total. The van der Waals surface area contributed by atoms with Crippen molar-refractivity contribution < 1.29 is 18.7 Å². The van der Waals surface area contributed by atoms with E-state index >= 15 is 0 Å². The quantitative estimate of drug-likeness (QED) is 0.387. The zero-order valence-corrected chi connectivity index (χ0v) is 16.4. The molecule has 0 radical (unpaired) electrons. The Morgan fingerprint density at radius 2 is 1.86 bits per heavy atom. The number of hydrazone groups is 1. The lowest BCUT2D eigenvalue weighted by Gasteiger charge is -2.20. The Bertz CT molecular complexity index is 896. The number of nitrogens with one attached hydrogen (secondary N) is 2. The van der Waals surface area contributed by atoms with Gasteiger partial charge in [0, 0.05) is 5.56 Å². The molecule has 0 heterocycles. The van der Waals surface area contributed by atoms with Gasteiger partial charge in [-0.05, 0) is 30.2 Å². The molecule has 0 aliphatic heterocycles. The number of ether oxygens (including phenoxy) is 1. The van der Waals surface area contributed by atoms with Gasteiger partial charge in [-0.2, -0.15) is 5.10 Å². The van der Waals surface area contributed by atoms with Crippen LogP contribution < -0.4 is 15.5 Å². The zero-order valence-electron chi connectivity index (χ0n) is 16.4. The lowest BCUT2D eigenvalue weighted by atomic mass is 10.0. The first-order valence-electron chi connectivity index (χ1n) is 9.15. The molecule has 2 aromatic carbocycles. The maximum absolute atomic E-state index is 13.8. The van der Waals surface area contributed by atoms with Crippen LogP contribution in [0.5, 0.6) is 5.75 Å². The van der Waals surface area contributed by atoms with Gasteiger partial charge in [-0.15, -0.1) is 0 Å². The molecule has 29 heavy (non-hydrogen) atoms. The van der Waals surface area contributed by atoms with Crippen LogP contribution >= 0.6 is 0 Å². The fourth-order valence-corrected chi connectivity index (χ4v) is 2.50. The van der Waals surface area contributed by atoms with Crippen LogP contribution in [-0.4, -0.2) is 30.7 Å². The Morgan fingerprint density at radius 1 is 1.17 bits per heavy atom. The van der Waals surface area contributed by atoms with E-state index in [2.05, 4.69) is 22.4 Å². The Balaban J connectivity index is 2.05. The van der Waals surface area contributed by atoms with Crippen molar-refractivity contribution in [3.8, 4) is 5.75 Å². The van der Waals surface area contributed by atoms with Crippen molar-refractivity contribution in [3.63, 3.8) is 0 Å². The van der Waals surface area contributed by atoms with Crippen molar-refractivity contribution in [2.24, 2.45) is 11.0 Å². The van der Waals surface area contributed by atoms with Crippen LogP contribution in [0, 0.1) is 11.7 Å². The van der Waals surface area contributed by atoms with Crippen LogP contribution in [0.15, 0.2) is 66.3 Å². The van der Waals surface area contributed by atoms with E-state index in [0.29, 0.717) is 17.9 Å². The first-order chi connectivity index (χ1) is 13.9. The Kier molecular flexibility index (Phi) is 8.09. The summed E-state index contributed by atoms with van der Waals surface area (Å²) in [5.74, 6) is -1.46. The van der Waals surface area contributed by atoms with E-state index in [1.54, 1.807) is 38.1 Å². The minimum atomic E-state index is -0.883. The maximum atomic E-state index is 13.8. The summed E-state index contributed by atoms with van der Waals surface area (Å²) in [6, 6.07) is 11.9. The molecule has 0 spiro atoms. The number of benzene rings is 2. The predicted octanol–water partition coefficient (Wildman–Crippen LogP) is 3.30. The van der Waals surface area contributed by atoms with E-state index in [0.717, 1.165) is 0 Å². The molecule has 2 N–H and O–H groups in total. The number of hydrogen-bond donors (Lipinski definition) is 2. The monoisotopic (exact) mass is 397 g/mol. The van der Waals surface area contributed by atoms with E-state index in [4.69, 9.17) is 4.74 Å². The van der Waals surface area contributed by atoms with Gasteiger partial charge in [0.25, 0.3) is 11.8 Å². The van der Waals surface area contributed by atoms with E-state index < -0.39 is 23.7 Å². The number of rotatable bonds is 9. The zero-order chi connectivity index (χ0) is 21.2. The SMILES string of the molecule is C=CCOc1ccccc1/C=N/NC(=O)C(NC(=O)c1ccccc1F)C(C)C. The summed E-state index contributed by atoms with van der Waals surface area (Å²) in [5.41, 5.74) is 2.96. The van der Waals surface area contributed by atoms with Crippen LogP contribution in [0.1, 0.15) is 29.8 Å². The van der Waals surface area contributed by atoms with Gasteiger partial charge in [-0.1, -0.05) is 50.8 Å². The molecule has 1 atom stereocenters. The number of carbonyl (C=O) groups is 2. The Hall–Kier alpha value is -3.48. The summed E-state index contributed by atoms with van der Waals surface area (Å²) >= 11 is 0. The van der Waals surface area contributed by atoms with E-state index in [-0.39, 0.29) is 11.5 Å². The smallest absolute Gasteiger partial charge is 0.262 e. The third-order valence-electron chi connectivity index (χ3n) is 4.01. The third kappa shape index (κ3) is 6.27. The molecule has 0 aliphatic rings. The predicted molar refractivity (Wildman–Crippen MR) is 110 cm³/mol. The number of amides is 2. The molecule has 0 bridgehead atoms. The highest BCUT2D eigenvalue weighted by Crippen LogP contribution is 2.15. The minimum absolute atomic E-state index is 0.122. The Labute approximate surface area is 169 Å². The third-order valence-corrected chi connectivity index (χ3v) is 4.01. The standard InChI is InChI=1S/C22H24FN3O3/c1-4-13-29-19-12-8-5-9-16(19)14-24-26-22(28)20(15(2)3)25-21(27)17-10-6-7-11-18(17)23/h4-12,14-15,20H,1,13H2,2-3H3,(H,25,27)(H,26,28)/b24-14+. The fourth-order valence-electron chi connectivity index (χ4n) is 2.50. The molecule has 7 heteroatoms. The molecular weight excluding hydrogens is 373 g/mol. The number of halogens is 1. The maximum Gasteiger partial charge on any atom is 0.262 e. The summed E-state index contributed by atoms with van der Waals surface area (Å²) in [5, 5.41) is 6.52. The molecule has 0 aliphatic carbocycles. The van der Waals surface area contributed by atoms with Crippen LogP contribution in [0.4, 0.5) is 4.39 Å². The van der Waals surface area contributed by atoms with Crippen molar-refractivity contribution in [2.75, 3.05) is 6.61 Å². The molecule has 1 unspecified atom stereocenters. The van der Waals surface area contributed by atoms with Gasteiger partial charge in [0.05, 0.1) is 11.8 Å². The summed E-state index contributed by atoms with van der Waals surface area (Å²) in [6.45, 7) is 7.49. The van der Waals surface area contributed by atoms with Crippen LogP contribution in [0.25, 0.3) is 0 Å².